The van der Waals surface area contributed by atoms with Gasteiger partial charge in [-0.1, -0.05) is 13.0 Å². The summed E-state index contributed by atoms with van der Waals surface area (Å²) in [5.74, 6) is -0.937. The molecule has 0 aromatic heterocycles. The first-order chi connectivity index (χ1) is 8.18. The van der Waals surface area contributed by atoms with E-state index in [-0.39, 0.29) is 23.9 Å². The summed E-state index contributed by atoms with van der Waals surface area (Å²) in [6.45, 7) is 12.1. The quantitative estimate of drug-likeness (QED) is 0.715. The maximum absolute atomic E-state index is 12.0. The Kier molecular flexibility index (Phi) is 6.44. The van der Waals surface area contributed by atoms with Crippen LogP contribution in [0.4, 0.5) is 4.79 Å². The molecule has 0 aliphatic heterocycles. The van der Waals surface area contributed by atoms with Crippen LogP contribution in [0.25, 0.3) is 0 Å². The summed E-state index contributed by atoms with van der Waals surface area (Å²) in [5, 5.41) is 11.4. The van der Waals surface area contributed by atoms with Crippen molar-refractivity contribution in [3.63, 3.8) is 0 Å². The fraction of sp³-hybridized carbons (Fsp3) is 0.692. The summed E-state index contributed by atoms with van der Waals surface area (Å²) in [6.07, 6.45) is 1.72. The van der Waals surface area contributed by atoms with E-state index in [1.54, 1.807) is 17.9 Å². The second-order valence-electron chi connectivity index (χ2n) is 5.46. The SMILES string of the molecule is C=CCN(C(=O)NCC(C)CC(=O)O)C(C)(C)C. The maximum Gasteiger partial charge on any atom is 0.318 e. The second kappa shape index (κ2) is 7.03. The molecule has 0 spiro atoms. The zero-order valence-corrected chi connectivity index (χ0v) is 11.7. The Bertz CT molecular complexity index is 308. The van der Waals surface area contributed by atoms with Gasteiger partial charge in [-0.3, -0.25) is 4.79 Å². The van der Waals surface area contributed by atoms with Crippen molar-refractivity contribution in [3.05, 3.63) is 12.7 Å². The Morgan fingerprint density at radius 3 is 2.39 bits per heavy atom. The molecule has 0 bridgehead atoms. The molecule has 0 fully saturated rings. The van der Waals surface area contributed by atoms with Crippen molar-refractivity contribution in [2.24, 2.45) is 5.92 Å². The van der Waals surface area contributed by atoms with Crippen molar-refractivity contribution in [2.75, 3.05) is 13.1 Å². The number of hydrogen-bond acceptors (Lipinski definition) is 2. The van der Waals surface area contributed by atoms with Gasteiger partial charge in [0, 0.05) is 25.0 Å². The van der Waals surface area contributed by atoms with E-state index in [1.165, 1.54) is 0 Å². The topological polar surface area (TPSA) is 69.6 Å². The zero-order valence-electron chi connectivity index (χ0n) is 11.7. The largest absolute Gasteiger partial charge is 0.481 e. The molecule has 5 heteroatoms. The average Bonchev–Trinajstić information content (AvgIpc) is 2.20. The summed E-state index contributed by atoms with van der Waals surface area (Å²) in [4.78, 5) is 24.2. The minimum atomic E-state index is -0.851. The van der Waals surface area contributed by atoms with Gasteiger partial charge in [-0.2, -0.15) is 0 Å². The average molecular weight is 256 g/mol. The van der Waals surface area contributed by atoms with E-state index >= 15 is 0 Å². The molecule has 0 radical (unpaired) electrons. The first-order valence-corrected chi connectivity index (χ1v) is 6.06. The van der Waals surface area contributed by atoms with Gasteiger partial charge >= 0.3 is 12.0 Å². The lowest BCUT2D eigenvalue weighted by molar-refractivity contribution is -0.137. The summed E-state index contributed by atoms with van der Waals surface area (Å²) < 4.78 is 0. The number of carboxylic acid groups (broad SMARTS) is 1. The van der Waals surface area contributed by atoms with E-state index < -0.39 is 5.97 Å². The fourth-order valence-corrected chi connectivity index (χ4v) is 1.52. The highest BCUT2D eigenvalue weighted by molar-refractivity contribution is 5.75. The lowest BCUT2D eigenvalue weighted by atomic mass is 10.1. The first kappa shape index (κ1) is 16.5. The Labute approximate surface area is 109 Å². The minimum Gasteiger partial charge on any atom is -0.481 e. The van der Waals surface area contributed by atoms with E-state index in [4.69, 9.17) is 5.11 Å². The molecule has 2 N–H and O–H groups in total. The molecule has 1 unspecified atom stereocenters. The number of nitrogens with zero attached hydrogens (tertiary/aromatic N) is 1. The molecule has 1 atom stereocenters. The highest BCUT2D eigenvalue weighted by Crippen LogP contribution is 2.13. The molecular formula is C13H24N2O3. The number of nitrogens with one attached hydrogen (secondary N) is 1. The summed E-state index contributed by atoms with van der Waals surface area (Å²) in [6, 6.07) is -0.195. The predicted molar refractivity (Wildman–Crippen MR) is 71.5 cm³/mol. The number of carbonyl (C=O) groups is 2. The number of aliphatic carboxylic acids is 1. The molecule has 0 rings (SSSR count). The maximum atomic E-state index is 12.0. The number of rotatable bonds is 6. The van der Waals surface area contributed by atoms with E-state index in [0.717, 1.165) is 0 Å². The van der Waals surface area contributed by atoms with E-state index in [1.807, 2.05) is 20.8 Å². The van der Waals surface area contributed by atoms with Crippen LogP contribution in [0.3, 0.4) is 0 Å². The molecule has 0 aliphatic rings. The smallest absolute Gasteiger partial charge is 0.318 e. The van der Waals surface area contributed by atoms with Crippen LogP contribution in [0.1, 0.15) is 34.1 Å². The standard InChI is InChI=1S/C13H24N2O3/c1-6-7-15(13(3,4)5)12(18)14-9-10(2)8-11(16)17/h6,10H,1,7-9H2,2-5H3,(H,14,18)(H,16,17). The van der Waals surface area contributed by atoms with E-state index in [9.17, 15) is 9.59 Å². The van der Waals surface area contributed by atoms with Crippen LogP contribution < -0.4 is 5.32 Å². The Morgan fingerprint density at radius 2 is 2.00 bits per heavy atom. The molecule has 0 aromatic carbocycles. The molecule has 0 heterocycles. The van der Waals surface area contributed by atoms with Gasteiger partial charge in [0.25, 0.3) is 0 Å². The van der Waals surface area contributed by atoms with Crippen molar-refractivity contribution < 1.29 is 14.7 Å². The van der Waals surface area contributed by atoms with Gasteiger partial charge in [0.05, 0.1) is 0 Å². The molecule has 2 amide bonds. The molecule has 104 valence electrons. The third-order valence-electron chi connectivity index (χ3n) is 2.49. The Hall–Kier alpha value is -1.52. The van der Waals surface area contributed by atoms with Crippen LogP contribution in [-0.2, 0) is 4.79 Å². The minimum absolute atomic E-state index is 0.0528. The van der Waals surface area contributed by atoms with E-state index in [2.05, 4.69) is 11.9 Å². The number of hydrogen-bond donors (Lipinski definition) is 2. The Morgan fingerprint density at radius 1 is 1.44 bits per heavy atom. The van der Waals surface area contributed by atoms with Gasteiger partial charge in [0.1, 0.15) is 0 Å². The van der Waals surface area contributed by atoms with E-state index in [0.29, 0.717) is 13.1 Å². The number of urea groups is 1. The molecule has 18 heavy (non-hydrogen) atoms. The highest BCUT2D eigenvalue weighted by Gasteiger charge is 2.25. The lowest BCUT2D eigenvalue weighted by Gasteiger charge is -2.35. The van der Waals surface area contributed by atoms with Crippen LogP contribution in [-0.4, -0.2) is 40.6 Å². The van der Waals surface area contributed by atoms with Crippen molar-refractivity contribution in [1.82, 2.24) is 10.2 Å². The van der Waals surface area contributed by atoms with Crippen LogP contribution in [0.5, 0.6) is 0 Å². The van der Waals surface area contributed by atoms with Gasteiger partial charge in [-0.05, 0) is 26.7 Å². The molecule has 0 aromatic rings. The summed E-state index contributed by atoms with van der Waals surface area (Å²) >= 11 is 0. The molecule has 0 saturated heterocycles. The van der Waals surface area contributed by atoms with Crippen LogP contribution >= 0.6 is 0 Å². The molecule has 0 saturated carbocycles. The van der Waals surface area contributed by atoms with Crippen LogP contribution in [0.15, 0.2) is 12.7 Å². The van der Waals surface area contributed by atoms with Crippen LogP contribution in [0, 0.1) is 5.92 Å². The van der Waals surface area contributed by atoms with Crippen molar-refractivity contribution in [2.45, 2.75) is 39.7 Å². The van der Waals surface area contributed by atoms with Gasteiger partial charge in [-0.15, -0.1) is 6.58 Å². The number of carboxylic acids is 1. The van der Waals surface area contributed by atoms with Gasteiger partial charge in [-0.25, -0.2) is 4.79 Å². The highest BCUT2D eigenvalue weighted by atomic mass is 16.4. The lowest BCUT2D eigenvalue weighted by Crippen LogP contribution is -2.51. The Balaban J connectivity index is 4.35. The molecule has 5 nitrogen and oxygen atoms in total. The number of amides is 2. The third kappa shape index (κ3) is 6.27. The van der Waals surface area contributed by atoms with Gasteiger partial charge in [0.2, 0.25) is 0 Å². The second-order valence-corrected chi connectivity index (χ2v) is 5.46. The summed E-state index contributed by atoms with van der Waals surface area (Å²) in [7, 11) is 0. The third-order valence-corrected chi connectivity index (χ3v) is 2.49. The van der Waals surface area contributed by atoms with Crippen molar-refractivity contribution in [1.29, 1.82) is 0 Å². The molecular weight excluding hydrogens is 232 g/mol. The monoisotopic (exact) mass is 256 g/mol. The van der Waals surface area contributed by atoms with Crippen molar-refractivity contribution in [3.8, 4) is 0 Å². The normalized spacial score (nSPS) is 12.7. The zero-order chi connectivity index (χ0) is 14.3. The predicted octanol–water partition coefficient (Wildman–Crippen LogP) is 2.09. The van der Waals surface area contributed by atoms with Crippen LogP contribution in [0.2, 0.25) is 0 Å². The summed E-state index contributed by atoms with van der Waals surface area (Å²) in [5.41, 5.74) is -0.297. The molecule has 0 aliphatic carbocycles. The van der Waals surface area contributed by atoms with Gasteiger partial charge < -0.3 is 15.3 Å². The first-order valence-electron chi connectivity index (χ1n) is 6.06. The van der Waals surface area contributed by atoms with Gasteiger partial charge in [0.15, 0.2) is 0 Å². The number of carbonyl (C=O) groups excluding carboxylic acids is 1. The van der Waals surface area contributed by atoms with Crippen molar-refractivity contribution >= 4 is 12.0 Å². The fourth-order valence-electron chi connectivity index (χ4n) is 1.52.